The lowest BCUT2D eigenvalue weighted by molar-refractivity contribution is -0.133. The first kappa shape index (κ1) is 23.0. The Hall–Kier alpha value is -2.16. The Morgan fingerprint density at radius 1 is 1.16 bits per heavy atom. The second kappa shape index (κ2) is 10.2. The molecule has 3 aliphatic heterocycles. The van der Waals surface area contributed by atoms with Gasteiger partial charge in [0.15, 0.2) is 0 Å². The molecule has 8 heteroatoms. The molecule has 4 rings (SSSR count). The van der Waals surface area contributed by atoms with Gasteiger partial charge in [0.25, 0.3) is 0 Å². The lowest BCUT2D eigenvalue weighted by atomic mass is 10.0. The summed E-state index contributed by atoms with van der Waals surface area (Å²) in [7, 11) is 6.19. The van der Waals surface area contributed by atoms with Gasteiger partial charge in [-0.25, -0.2) is 0 Å². The Morgan fingerprint density at radius 3 is 2.56 bits per heavy atom. The van der Waals surface area contributed by atoms with E-state index in [1.54, 1.807) is 0 Å². The van der Waals surface area contributed by atoms with E-state index < -0.39 is 0 Å². The Morgan fingerprint density at radius 2 is 1.88 bits per heavy atom. The minimum absolute atomic E-state index is 0.0823. The normalized spacial score (nSPS) is 26.7. The van der Waals surface area contributed by atoms with E-state index in [1.807, 2.05) is 19.0 Å². The van der Waals surface area contributed by atoms with Gasteiger partial charge in [0.2, 0.25) is 11.8 Å². The third-order valence-electron chi connectivity index (χ3n) is 7.22. The van der Waals surface area contributed by atoms with Crippen LogP contribution < -0.4 is 15.5 Å². The van der Waals surface area contributed by atoms with Crippen LogP contribution in [0.3, 0.4) is 0 Å². The molecule has 3 heterocycles. The van der Waals surface area contributed by atoms with E-state index in [-0.39, 0.29) is 29.9 Å². The van der Waals surface area contributed by atoms with E-state index in [9.17, 15) is 9.59 Å². The first-order valence-corrected chi connectivity index (χ1v) is 11.9. The average molecular weight is 443 g/mol. The number of nitrogens with zero attached hydrogens (tertiary/aromatic N) is 4. The Labute approximate surface area is 191 Å². The molecule has 0 aromatic heterocycles. The summed E-state index contributed by atoms with van der Waals surface area (Å²) in [5.74, 6) is 0.382. The zero-order chi connectivity index (χ0) is 22.7. The molecule has 0 bridgehead atoms. The second-order valence-electron chi connectivity index (χ2n) is 9.71. The van der Waals surface area contributed by atoms with Crippen LogP contribution >= 0.6 is 0 Å². The van der Waals surface area contributed by atoms with E-state index in [4.69, 9.17) is 0 Å². The molecule has 2 amide bonds. The summed E-state index contributed by atoms with van der Waals surface area (Å²) in [6, 6.07) is 9.02. The minimum Gasteiger partial charge on any atom is -0.378 e. The van der Waals surface area contributed by atoms with Gasteiger partial charge in [-0.15, -0.1) is 0 Å². The maximum atomic E-state index is 12.7. The fourth-order valence-corrected chi connectivity index (χ4v) is 5.07. The zero-order valence-electron chi connectivity index (χ0n) is 19.7. The molecular formula is C24H38N6O2. The molecule has 3 fully saturated rings. The minimum atomic E-state index is -0.0823. The van der Waals surface area contributed by atoms with Gasteiger partial charge in [0, 0.05) is 84.1 Å². The van der Waals surface area contributed by atoms with Crippen LogP contribution in [-0.4, -0.2) is 105 Å². The molecule has 2 N–H and O–H groups in total. The molecule has 3 atom stereocenters. The lowest BCUT2D eigenvalue weighted by Crippen LogP contribution is -2.58. The van der Waals surface area contributed by atoms with Crippen LogP contribution in [0.2, 0.25) is 0 Å². The van der Waals surface area contributed by atoms with Gasteiger partial charge >= 0.3 is 0 Å². The highest BCUT2D eigenvalue weighted by Gasteiger charge is 2.43. The molecule has 0 unspecified atom stereocenters. The Balaban J connectivity index is 1.27. The van der Waals surface area contributed by atoms with Crippen LogP contribution in [0.25, 0.3) is 0 Å². The molecule has 1 aromatic rings. The van der Waals surface area contributed by atoms with Crippen molar-refractivity contribution in [1.82, 2.24) is 25.3 Å². The predicted octanol–water partition coefficient (Wildman–Crippen LogP) is 0.338. The predicted molar refractivity (Wildman–Crippen MR) is 127 cm³/mol. The number of amides is 2. The van der Waals surface area contributed by atoms with Crippen molar-refractivity contribution in [3.05, 3.63) is 29.8 Å². The highest BCUT2D eigenvalue weighted by molar-refractivity contribution is 5.83. The molecule has 3 aliphatic rings. The van der Waals surface area contributed by atoms with E-state index in [1.165, 1.54) is 11.3 Å². The molecule has 1 aromatic carbocycles. The van der Waals surface area contributed by atoms with Crippen molar-refractivity contribution in [3.8, 4) is 0 Å². The third kappa shape index (κ3) is 5.42. The van der Waals surface area contributed by atoms with Crippen LogP contribution in [0.4, 0.5) is 5.69 Å². The first-order valence-electron chi connectivity index (χ1n) is 11.9. The van der Waals surface area contributed by atoms with Crippen molar-refractivity contribution in [2.45, 2.75) is 43.9 Å². The van der Waals surface area contributed by atoms with Gasteiger partial charge in [-0.05, 0) is 37.6 Å². The van der Waals surface area contributed by atoms with Crippen LogP contribution in [0, 0.1) is 0 Å². The summed E-state index contributed by atoms with van der Waals surface area (Å²) in [5.41, 5.74) is 2.44. The van der Waals surface area contributed by atoms with Crippen LogP contribution in [-0.2, 0) is 16.1 Å². The maximum Gasteiger partial charge on any atom is 0.237 e. The van der Waals surface area contributed by atoms with Crippen LogP contribution in [0.5, 0.6) is 0 Å². The number of anilines is 1. The number of hydrogen-bond donors (Lipinski definition) is 2. The molecule has 3 saturated heterocycles. The topological polar surface area (TPSA) is 71.2 Å². The summed E-state index contributed by atoms with van der Waals surface area (Å²) < 4.78 is 0. The Bertz CT molecular complexity index is 790. The van der Waals surface area contributed by atoms with E-state index in [0.717, 1.165) is 52.1 Å². The van der Waals surface area contributed by atoms with Gasteiger partial charge in [-0.2, -0.15) is 0 Å². The summed E-state index contributed by atoms with van der Waals surface area (Å²) in [4.78, 5) is 33.9. The van der Waals surface area contributed by atoms with E-state index in [0.29, 0.717) is 13.0 Å². The van der Waals surface area contributed by atoms with Crippen molar-refractivity contribution in [2.75, 3.05) is 65.3 Å². The third-order valence-corrected chi connectivity index (χ3v) is 7.22. The van der Waals surface area contributed by atoms with Crippen molar-refractivity contribution in [1.29, 1.82) is 0 Å². The van der Waals surface area contributed by atoms with E-state index in [2.05, 4.69) is 56.6 Å². The molecular weight excluding hydrogens is 404 g/mol. The van der Waals surface area contributed by atoms with Crippen LogP contribution in [0.15, 0.2) is 24.3 Å². The summed E-state index contributed by atoms with van der Waals surface area (Å²) in [6.07, 6.45) is 2.19. The van der Waals surface area contributed by atoms with Gasteiger partial charge in [0.1, 0.15) is 0 Å². The van der Waals surface area contributed by atoms with Crippen molar-refractivity contribution in [3.63, 3.8) is 0 Å². The molecule has 0 radical (unpaired) electrons. The largest absolute Gasteiger partial charge is 0.378 e. The molecule has 176 valence electrons. The zero-order valence-corrected chi connectivity index (χ0v) is 19.7. The fourth-order valence-electron chi connectivity index (χ4n) is 5.07. The summed E-state index contributed by atoms with van der Waals surface area (Å²) in [6.45, 7) is 5.85. The number of carbonyl (C=O) groups excluding carboxylic acids is 2. The highest BCUT2D eigenvalue weighted by atomic mass is 16.2. The summed E-state index contributed by atoms with van der Waals surface area (Å²) in [5, 5.41) is 6.73. The van der Waals surface area contributed by atoms with Crippen molar-refractivity contribution >= 4 is 17.5 Å². The summed E-state index contributed by atoms with van der Waals surface area (Å²) >= 11 is 0. The number of hydrogen-bond acceptors (Lipinski definition) is 6. The quantitative estimate of drug-likeness (QED) is 0.635. The smallest absolute Gasteiger partial charge is 0.237 e. The Kier molecular flexibility index (Phi) is 7.33. The number of nitrogens with one attached hydrogen (secondary N) is 2. The van der Waals surface area contributed by atoms with Gasteiger partial charge < -0.3 is 25.3 Å². The van der Waals surface area contributed by atoms with E-state index >= 15 is 0 Å². The standard InChI is InChI=1S/C24H38N6O2/c1-27(2)20-6-4-18(5-7-20)15-25-19-14-22-24(32)26-16-21(30(22)17-19)8-9-23(31)29-12-10-28(3)11-13-29/h4-7,19,21-22,25H,8-17H2,1-3H3,(H,26,32)/t19-,21-,22+/m0/s1. The lowest BCUT2D eigenvalue weighted by Gasteiger charge is -2.38. The molecule has 0 saturated carbocycles. The molecule has 32 heavy (non-hydrogen) atoms. The van der Waals surface area contributed by atoms with Gasteiger partial charge in [0.05, 0.1) is 6.04 Å². The number of likely N-dealkylation sites (N-methyl/N-ethyl adjacent to an activating group) is 1. The molecule has 0 aliphatic carbocycles. The molecule has 8 nitrogen and oxygen atoms in total. The van der Waals surface area contributed by atoms with Gasteiger partial charge in [-0.1, -0.05) is 12.1 Å². The first-order chi connectivity index (χ1) is 15.4. The SMILES string of the molecule is CN1CCN(C(=O)CC[C@H]2CNC(=O)[C@H]3C[C@H](NCc4ccc(N(C)C)cc4)CN23)CC1. The number of carbonyl (C=O) groups is 2. The number of fused-ring (bicyclic) bond motifs is 1. The fraction of sp³-hybridized carbons (Fsp3) is 0.667. The maximum absolute atomic E-state index is 12.7. The van der Waals surface area contributed by atoms with Crippen molar-refractivity contribution in [2.24, 2.45) is 0 Å². The molecule has 0 spiro atoms. The van der Waals surface area contributed by atoms with Crippen molar-refractivity contribution < 1.29 is 9.59 Å². The number of piperazine rings is 2. The highest BCUT2D eigenvalue weighted by Crippen LogP contribution is 2.26. The monoisotopic (exact) mass is 442 g/mol. The average Bonchev–Trinajstić information content (AvgIpc) is 3.23. The number of rotatable bonds is 7. The van der Waals surface area contributed by atoms with Crippen LogP contribution in [0.1, 0.15) is 24.8 Å². The van der Waals surface area contributed by atoms with Gasteiger partial charge in [-0.3, -0.25) is 14.5 Å². The second-order valence-corrected chi connectivity index (χ2v) is 9.71. The number of benzene rings is 1.